The molecule has 1 saturated heterocycles. The van der Waals surface area contributed by atoms with Gasteiger partial charge in [-0.1, -0.05) is 25.0 Å². The van der Waals surface area contributed by atoms with Crippen LogP contribution in [-0.4, -0.2) is 18.0 Å². The Morgan fingerprint density at radius 1 is 1.06 bits per heavy atom. The number of nitriles is 1. The van der Waals surface area contributed by atoms with E-state index in [0.717, 1.165) is 31.5 Å². The zero-order valence-corrected chi connectivity index (χ0v) is 9.90. The van der Waals surface area contributed by atoms with Gasteiger partial charge in [-0.05, 0) is 43.6 Å². The number of likely N-dealkylation sites (tertiary alicyclic amines) is 1. The summed E-state index contributed by atoms with van der Waals surface area (Å²) in [7, 11) is 0. The summed E-state index contributed by atoms with van der Waals surface area (Å²) in [5.74, 6) is -0.249. The monoisotopic (exact) mass is 232 g/mol. The van der Waals surface area contributed by atoms with E-state index >= 15 is 0 Å². The van der Waals surface area contributed by atoms with Crippen LogP contribution in [0.15, 0.2) is 24.3 Å². The van der Waals surface area contributed by atoms with Crippen LogP contribution in [0.2, 0.25) is 0 Å². The topological polar surface area (TPSA) is 27.0 Å². The molecule has 1 fully saturated rings. The Balaban J connectivity index is 2.15. The molecule has 1 aliphatic rings. The first-order valence-electron chi connectivity index (χ1n) is 6.20. The van der Waals surface area contributed by atoms with Crippen LogP contribution in [0.5, 0.6) is 0 Å². The fourth-order valence-corrected chi connectivity index (χ4v) is 2.37. The molecule has 2 nitrogen and oxygen atoms in total. The second-order valence-corrected chi connectivity index (χ2v) is 4.53. The zero-order chi connectivity index (χ0) is 12.1. The van der Waals surface area contributed by atoms with Gasteiger partial charge in [-0.3, -0.25) is 4.90 Å². The van der Waals surface area contributed by atoms with E-state index in [0.29, 0.717) is 0 Å². The molecule has 1 aliphatic heterocycles. The summed E-state index contributed by atoms with van der Waals surface area (Å²) in [6.07, 6.45) is 4.80. The van der Waals surface area contributed by atoms with E-state index in [-0.39, 0.29) is 11.9 Å². The molecule has 90 valence electrons. The molecule has 2 rings (SSSR count). The van der Waals surface area contributed by atoms with Crippen LogP contribution in [0.25, 0.3) is 0 Å². The second kappa shape index (κ2) is 5.79. The van der Waals surface area contributed by atoms with E-state index in [2.05, 4.69) is 11.0 Å². The van der Waals surface area contributed by atoms with Crippen molar-refractivity contribution in [2.75, 3.05) is 13.1 Å². The lowest BCUT2D eigenvalue weighted by Crippen LogP contribution is -2.28. The Morgan fingerprint density at radius 3 is 2.18 bits per heavy atom. The van der Waals surface area contributed by atoms with Crippen molar-refractivity contribution in [1.29, 1.82) is 5.26 Å². The van der Waals surface area contributed by atoms with Crippen molar-refractivity contribution in [2.24, 2.45) is 0 Å². The quantitative estimate of drug-likeness (QED) is 0.782. The number of benzene rings is 1. The minimum absolute atomic E-state index is 0.228. The van der Waals surface area contributed by atoms with Gasteiger partial charge in [-0.2, -0.15) is 5.26 Å². The summed E-state index contributed by atoms with van der Waals surface area (Å²) >= 11 is 0. The smallest absolute Gasteiger partial charge is 0.123 e. The van der Waals surface area contributed by atoms with E-state index in [4.69, 9.17) is 0 Å². The molecule has 0 N–H and O–H groups in total. The molecule has 0 saturated carbocycles. The second-order valence-electron chi connectivity index (χ2n) is 4.53. The van der Waals surface area contributed by atoms with Crippen LogP contribution in [0.1, 0.15) is 37.3 Å². The molecule has 1 heterocycles. The van der Waals surface area contributed by atoms with Crippen molar-refractivity contribution >= 4 is 0 Å². The van der Waals surface area contributed by atoms with Crippen LogP contribution in [0.4, 0.5) is 4.39 Å². The van der Waals surface area contributed by atoms with Gasteiger partial charge in [0.25, 0.3) is 0 Å². The van der Waals surface area contributed by atoms with Gasteiger partial charge >= 0.3 is 0 Å². The lowest BCUT2D eigenvalue weighted by molar-refractivity contribution is 0.245. The lowest BCUT2D eigenvalue weighted by atomic mass is 10.1. The third-order valence-electron chi connectivity index (χ3n) is 3.31. The molecule has 0 radical (unpaired) electrons. The van der Waals surface area contributed by atoms with Gasteiger partial charge < -0.3 is 0 Å². The maximum Gasteiger partial charge on any atom is 0.123 e. The van der Waals surface area contributed by atoms with E-state index in [1.54, 1.807) is 12.1 Å². The predicted octanol–water partition coefficient (Wildman–Crippen LogP) is 3.27. The van der Waals surface area contributed by atoms with Crippen LogP contribution < -0.4 is 0 Å². The first-order chi connectivity index (χ1) is 8.31. The number of halogens is 1. The van der Waals surface area contributed by atoms with Crippen LogP contribution in [-0.2, 0) is 0 Å². The molecule has 1 aromatic rings. The van der Waals surface area contributed by atoms with Gasteiger partial charge in [-0.25, -0.2) is 4.39 Å². The molecular formula is C14H17FN2. The average Bonchev–Trinajstić information content (AvgIpc) is 2.62. The highest BCUT2D eigenvalue weighted by Crippen LogP contribution is 2.23. The Hall–Kier alpha value is -1.40. The molecular weight excluding hydrogens is 215 g/mol. The summed E-state index contributed by atoms with van der Waals surface area (Å²) < 4.78 is 12.9. The Labute approximate surface area is 102 Å². The number of hydrogen-bond donors (Lipinski definition) is 0. The maximum atomic E-state index is 12.9. The Bertz CT molecular complexity index is 386. The van der Waals surface area contributed by atoms with Crippen molar-refractivity contribution in [2.45, 2.75) is 31.7 Å². The molecule has 1 atom stereocenters. The van der Waals surface area contributed by atoms with Gasteiger partial charge in [0.05, 0.1) is 6.07 Å². The first kappa shape index (κ1) is 12.1. The van der Waals surface area contributed by atoms with Gasteiger partial charge in [0.1, 0.15) is 11.9 Å². The van der Waals surface area contributed by atoms with Gasteiger partial charge in [0.2, 0.25) is 0 Å². The lowest BCUT2D eigenvalue weighted by Gasteiger charge is -2.25. The van der Waals surface area contributed by atoms with Gasteiger partial charge in [0.15, 0.2) is 0 Å². The highest BCUT2D eigenvalue weighted by Gasteiger charge is 2.20. The summed E-state index contributed by atoms with van der Waals surface area (Å²) in [6, 6.07) is 8.40. The van der Waals surface area contributed by atoms with Crippen molar-refractivity contribution in [3.63, 3.8) is 0 Å². The summed E-state index contributed by atoms with van der Waals surface area (Å²) in [5, 5.41) is 9.31. The third kappa shape index (κ3) is 3.04. The predicted molar refractivity (Wildman–Crippen MR) is 64.8 cm³/mol. The van der Waals surface area contributed by atoms with E-state index < -0.39 is 0 Å². The average molecular weight is 232 g/mol. The highest BCUT2D eigenvalue weighted by atomic mass is 19.1. The van der Waals surface area contributed by atoms with E-state index in [9.17, 15) is 9.65 Å². The van der Waals surface area contributed by atoms with Crippen molar-refractivity contribution in [1.82, 2.24) is 4.90 Å². The molecule has 1 aromatic carbocycles. The molecule has 0 aromatic heterocycles. The summed E-state index contributed by atoms with van der Waals surface area (Å²) in [6.45, 7) is 1.94. The fraction of sp³-hybridized carbons (Fsp3) is 0.500. The normalized spacial score (nSPS) is 19.3. The van der Waals surface area contributed by atoms with Crippen LogP contribution >= 0.6 is 0 Å². The van der Waals surface area contributed by atoms with E-state index in [1.165, 1.54) is 25.0 Å². The van der Waals surface area contributed by atoms with Crippen molar-refractivity contribution in [3.8, 4) is 6.07 Å². The molecule has 3 heteroatoms. The fourth-order valence-electron chi connectivity index (χ4n) is 2.37. The Morgan fingerprint density at radius 2 is 1.65 bits per heavy atom. The minimum atomic E-state index is -0.249. The molecule has 1 unspecified atom stereocenters. The third-order valence-corrected chi connectivity index (χ3v) is 3.31. The highest BCUT2D eigenvalue weighted by molar-refractivity contribution is 5.24. The largest absolute Gasteiger partial charge is 0.284 e. The standard InChI is InChI=1S/C14H17FN2/c15-13-7-5-12(6-8-13)14(11-16)17-9-3-1-2-4-10-17/h5-8,14H,1-4,9-10H2. The number of nitrogens with zero attached hydrogens (tertiary/aromatic N) is 2. The first-order valence-corrected chi connectivity index (χ1v) is 6.20. The van der Waals surface area contributed by atoms with E-state index in [1.807, 2.05) is 0 Å². The minimum Gasteiger partial charge on any atom is -0.284 e. The zero-order valence-electron chi connectivity index (χ0n) is 9.90. The summed E-state index contributed by atoms with van der Waals surface area (Å²) in [5.41, 5.74) is 0.899. The number of hydrogen-bond acceptors (Lipinski definition) is 2. The SMILES string of the molecule is N#CC(c1ccc(F)cc1)N1CCCCCC1. The number of rotatable bonds is 2. The molecule has 0 amide bonds. The van der Waals surface area contributed by atoms with Gasteiger partial charge in [0, 0.05) is 0 Å². The maximum absolute atomic E-state index is 12.9. The van der Waals surface area contributed by atoms with Gasteiger partial charge in [-0.15, -0.1) is 0 Å². The van der Waals surface area contributed by atoms with Crippen LogP contribution in [0.3, 0.4) is 0 Å². The molecule has 0 spiro atoms. The summed E-state index contributed by atoms with van der Waals surface area (Å²) in [4.78, 5) is 2.21. The Kier molecular flexibility index (Phi) is 4.11. The van der Waals surface area contributed by atoms with Crippen molar-refractivity contribution < 1.29 is 4.39 Å². The molecule has 0 bridgehead atoms. The molecule has 17 heavy (non-hydrogen) atoms. The van der Waals surface area contributed by atoms with Crippen LogP contribution in [0, 0.1) is 17.1 Å². The van der Waals surface area contributed by atoms with Crippen molar-refractivity contribution in [3.05, 3.63) is 35.6 Å². The molecule has 0 aliphatic carbocycles.